The number of nitrogens with zero attached hydrogens (tertiary/aromatic N) is 1. The van der Waals surface area contributed by atoms with E-state index >= 15 is 0 Å². The highest BCUT2D eigenvalue weighted by molar-refractivity contribution is 7.12. The summed E-state index contributed by atoms with van der Waals surface area (Å²) in [5.74, 6) is -0.559. The number of hydrogen-bond donors (Lipinski definition) is 2. The third kappa shape index (κ3) is 6.92. The van der Waals surface area contributed by atoms with Gasteiger partial charge in [-0.3, -0.25) is 4.79 Å². The van der Waals surface area contributed by atoms with Gasteiger partial charge in [-0.2, -0.15) is 0 Å². The Morgan fingerprint density at radius 3 is 2.29 bits per heavy atom. The summed E-state index contributed by atoms with van der Waals surface area (Å²) in [7, 11) is 0. The molecule has 0 unspecified atom stereocenters. The molecule has 2 aromatic carbocycles. The number of amides is 1. The van der Waals surface area contributed by atoms with Gasteiger partial charge in [-0.1, -0.05) is 96.7 Å². The molecule has 1 fully saturated rings. The van der Waals surface area contributed by atoms with Crippen LogP contribution in [0.25, 0.3) is 21.9 Å². The molecule has 4 aromatic rings. The van der Waals surface area contributed by atoms with E-state index in [2.05, 4.69) is 82.4 Å². The van der Waals surface area contributed by atoms with Gasteiger partial charge in [0.05, 0.1) is 0 Å². The number of pyridine rings is 1. The molecule has 6 heteroatoms. The fraction of sp³-hybridized carbons (Fsp3) is 0.417. The summed E-state index contributed by atoms with van der Waals surface area (Å²) in [5.41, 5.74) is 4.86. The molecule has 0 radical (unpaired) electrons. The number of rotatable bonds is 9. The normalized spacial score (nSPS) is 14.9. The van der Waals surface area contributed by atoms with Crippen molar-refractivity contribution in [2.24, 2.45) is 5.92 Å². The van der Waals surface area contributed by atoms with Crippen LogP contribution >= 0.6 is 11.3 Å². The first-order valence-corrected chi connectivity index (χ1v) is 16.0. The molecular weight excluding hydrogens is 540 g/mol. The summed E-state index contributed by atoms with van der Waals surface area (Å²) < 4.78 is 0. The Bertz CT molecular complexity index is 1570. The van der Waals surface area contributed by atoms with Crippen LogP contribution in [-0.2, 0) is 23.1 Å². The molecule has 0 saturated heterocycles. The molecule has 5 rings (SSSR count). The van der Waals surface area contributed by atoms with E-state index in [-0.39, 0.29) is 17.5 Å². The maximum absolute atomic E-state index is 13.5. The van der Waals surface area contributed by atoms with Gasteiger partial charge in [0.25, 0.3) is 5.91 Å². The van der Waals surface area contributed by atoms with Gasteiger partial charge in [-0.05, 0) is 70.0 Å². The van der Waals surface area contributed by atoms with Crippen LogP contribution in [0.3, 0.4) is 0 Å². The molecule has 2 heterocycles. The van der Waals surface area contributed by atoms with Crippen molar-refractivity contribution in [2.75, 3.05) is 0 Å². The van der Waals surface area contributed by atoms with Gasteiger partial charge in [-0.25, -0.2) is 9.78 Å². The highest BCUT2D eigenvalue weighted by Gasteiger charge is 2.25. The molecule has 0 aliphatic heterocycles. The number of carboxylic acids is 1. The maximum atomic E-state index is 13.5. The second kappa shape index (κ2) is 12.4. The van der Waals surface area contributed by atoms with Crippen LogP contribution in [0.5, 0.6) is 0 Å². The van der Waals surface area contributed by atoms with E-state index in [0.29, 0.717) is 11.8 Å². The number of carboxylic acid groups (broad SMARTS) is 1. The Morgan fingerprint density at radius 1 is 0.976 bits per heavy atom. The van der Waals surface area contributed by atoms with E-state index in [0.717, 1.165) is 38.9 Å². The van der Waals surface area contributed by atoms with E-state index in [4.69, 9.17) is 4.98 Å². The number of thiophene rings is 1. The molecule has 1 saturated carbocycles. The Hall–Kier alpha value is -3.51. The third-order valence-electron chi connectivity index (χ3n) is 8.45. The first kappa shape index (κ1) is 30.0. The van der Waals surface area contributed by atoms with Crippen LogP contribution in [-0.4, -0.2) is 28.0 Å². The van der Waals surface area contributed by atoms with Gasteiger partial charge in [0.15, 0.2) is 0 Å². The zero-order valence-corrected chi connectivity index (χ0v) is 26.2. The average molecular weight is 583 g/mol. The topological polar surface area (TPSA) is 79.3 Å². The number of aromatic nitrogens is 1. The van der Waals surface area contributed by atoms with Crippen LogP contribution in [0.2, 0.25) is 0 Å². The van der Waals surface area contributed by atoms with Crippen molar-refractivity contribution in [1.29, 1.82) is 0 Å². The fourth-order valence-corrected chi connectivity index (χ4v) is 6.93. The lowest BCUT2D eigenvalue weighted by Gasteiger charge is -2.19. The van der Waals surface area contributed by atoms with E-state index in [9.17, 15) is 14.7 Å². The SMILES string of the molecule is CC(C)c1ccc(C[C@H](NC(=O)c2cc3ccc(-c4ccc(C(C)(C)C)cc4)cc3c(CC3CCCC3)n2)C(=O)O)s1. The van der Waals surface area contributed by atoms with Crippen LogP contribution in [0.1, 0.15) is 97.7 Å². The molecule has 1 aliphatic rings. The van der Waals surface area contributed by atoms with Crippen molar-refractivity contribution in [1.82, 2.24) is 10.3 Å². The first-order valence-electron chi connectivity index (χ1n) is 15.1. The average Bonchev–Trinajstić information content (AvgIpc) is 3.64. The predicted octanol–water partition coefficient (Wildman–Crippen LogP) is 8.54. The monoisotopic (exact) mass is 582 g/mol. The van der Waals surface area contributed by atoms with E-state index in [1.54, 1.807) is 17.4 Å². The second-order valence-corrected chi connectivity index (χ2v) is 14.3. The van der Waals surface area contributed by atoms with Crippen molar-refractivity contribution in [3.63, 3.8) is 0 Å². The first-order chi connectivity index (χ1) is 20.0. The Balaban J connectivity index is 1.45. The standard InChI is InChI=1S/C36H42N2O3S/c1-22(2)33-17-16-28(42-33)21-32(35(40)41)38-34(39)31-20-26-11-10-25(24-12-14-27(15-13-24)36(3,4)5)19-29(26)30(37-31)18-23-8-6-7-9-23/h10-17,19-20,22-23,32H,6-9,18,21H2,1-5H3,(H,38,39)(H,40,41)/t32-/m0/s1. The quantitative estimate of drug-likeness (QED) is 0.207. The summed E-state index contributed by atoms with van der Waals surface area (Å²) in [6.07, 6.45) is 5.88. The number of aliphatic carboxylic acids is 1. The lowest BCUT2D eigenvalue weighted by molar-refractivity contribution is -0.139. The highest BCUT2D eigenvalue weighted by Crippen LogP contribution is 2.33. The van der Waals surface area contributed by atoms with Crippen LogP contribution < -0.4 is 5.32 Å². The van der Waals surface area contributed by atoms with Crippen LogP contribution in [0.15, 0.2) is 60.7 Å². The van der Waals surface area contributed by atoms with Crippen molar-refractivity contribution in [3.05, 3.63) is 87.4 Å². The molecule has 5 nitrogen and oxygen atoms in total. The number of carbonyl (C=O) groups excluding carboxylic acids is 1. The number of carbonyl (C=O) groups is 2. The van der Waals surface area contributed by atoms with Crippen molar-refractivity contribution >= 4 is 34.0 Å². The fourth-order valence-electron chi connectivity index (χ4n) is 5.87. The van der Waals surface area contributed by atoms with Gasteiger partial charge in [0.1, 0.15) is 11.7 Å². The summed E-state index contributed by atoms with van der Waals surface area (Å²) in [5, 5.41) is 14.7. The molecular formula is C36H42N2O3S. The molecule has 0 spiro atoms. The molecule has 2 N–H and O–H groups in total. The highest BCUT2D eigenvalue weighted by atomic mass is 32.1. The molecule has 1 atom stereocenters. The molecule has 1 aliphatic carbocycles. The van der Waals surface area contributed by atoms with Gasteiger partial charge in [0.2, 0.25) is 0 Å². The number of nitrogens with one attached hydrogen (secondary N) is 1. The third-order valence-corrected chi connectivity index (χ3v) is 9.85. The van der Waals surface area contributed by atoms with Crippen molar-refractivity contribution < 1.29 is 14.7 Å². The minimum Gasteiger partial charge on any atom is -0.480 e. The summed E-state index contributed by atoms with van der Waals surface area (Å²) in [6.45, 7) is 10.9. The van der Waals surface area contributed by atoms with Crippen molar-refractivity contribution in [3.8, 4) is 11.1 Å². The minimum atomic E-state index is -1.04. The summed E-state index contributed by atoms with van der Waals surface area (Å²) >= 11 is 1.60. The van der Waals surface area contributed by atoms with Gasteiger partial charge < -0.3 is 10.4 Å². The minimum absolute atomic E-state index is 0.0949. The van der Waals surface area contributed by atoms with Crippen molar-refractivity contribution in [2.45, 2.75) is 90.5 Å². The van der Waals surface area contributed by atoms with Crippen LogP contribution in [0, 0.1) is 5.92 Å². The molecule has 42 heavy (non-hydrogen) atoms. The Morgan fingerprint density at radius 2 is 1.67 bits per heavy atom. The maximum Gasteiger partial charge on any atom is 0.326 e. The summed E-state index contributed by atoms with van der Waals surface area (Å²) in [4.78, 5) is 32.6. The van der Waals surface area contributed by atoms with E-state index in [1.807, 2.05) is 12.1 Å². The van der Waals surface area contributed by atoms with Crippen LogP contribution in [0.4, 0.5) is 0 Å². The van der Waals surface area contributed by atoms with Gasteiger partial charge in [0, 0.05) is 27.3 Å². The number of hydrogen-bond acceptors (Lipinski definition) is 4. The molecule has 1 amide bonds. The number of benzene rings is 2. The molecule has 0 bridgehead atoms. The largest absolute Gasteiger partial charge is 0.480 e. The molecule has 220 valence electrons. The molecule has 2 aromatic heterocycles. The lowest BCUT2D eigenvalue weighted by atomic mass is 9.86. The van der Waals surface area contributed by atoms with Gasteiger partial charge >= 0.3 is 5.97 Å². The Kier molecular flexibility index (Phi) is 8.84. The second-order valence-electron chi connectivity index (χ2n) is 13.1. The Labute approximate surface area is 253 Å². The van der Waals surface area contributed by atoms with Gasteiger partial charge in [-0.15, -0.1) is 11.3 Å². The van der Waals surface area contributed by atoms with E-state index in [1.165, 1.54) is 36.1 Å². The lowest BCUT2D eigenvalue weighted by Crippen LogP contribution is -2.42. The smallest absolute Gasteiger partial charge is 0.326 e. The number of fused-ring (bicyclic) bond motifs is 1. The zero-order chi connectivity index (χ0) is 30.0. The summed E-state index contributed by atoms with van der Waals surface area (Å²) in [6, 6.07) is 19.9. The predicted molar refractivity (Wildman–Crippen MR) is 173 cm³/mol. The zero-order valence-electron chi connectivity index (χ0n) is 25.4. The van der Waals surface area contributed by atoms with E-state index < -0.39 is 17.9 Å².